The average molecular weight is 288 g/mol. The SMILES string of the molecule is Cc1cc(NS(=O)(=O)N2CCCCC2C(=O)O)n[nH]1. The highest BCUT2D eigenvalue weighted by atomic mass is 32.2. The number of anilines is 1. The number of carboxylic acid groups (broad SMARTS) is 1. The zero-order valence-electron chi connectivity index (χ0n) is 10.5. The molecule has 1 atom stereocenters. The van der Waals surface area contributed by atoms with Gasteiger partial charge in [-0.2, -0.15) is 17.8 Å². The molecule has 0 aromatic carbocycles. The van der Waals surface area contributed by atoms with Gasteiger partial charge < -0.3 is 5.11 Å². The molecule has 1 aromatic heterocycles. The minimum atomic E-state index is -3.90. The van der Waals surface area contributed by atoms with E-state index in [0.29, 0.717) is 25.0 Å². The Morgan fingerprint density at radius 1 is 1.58 bits per heavy atom. The van der Waals surface area contributed by atoms with Gasteiger partial charge in [-0.15, -0.1) is 0 Å². The first-order chi connectivity index (χ1) is 8.90. The van der Waals surface area contributed by atoms with Crippen molar-refractivity contribution in [2.45, 2.75) is 32.2 Å². The molecule has 106 valence electrons. The number of carboxylic acids is 1. The summed E-state index contributed by atoms with van der Waals surface area (Å²) in [4.78, 5) is 11.1. The number of hydrogen-bond acceptors (Lipinski definition) is 4. The fourth-order valence-corrected chi connectivity index (χ4v) is 3.49. The lowest BCUT2D eigenvalue weighted by molar-refractivity contribution is -0.142. The number of hydrogen-bond donors (Lipinski definition) is 3. The largest absolute Gasteiger partial charge is 0.480 e. The van der Waals surface area contributed by atoms with Crippen LogP contribution in [0.1, 0.15) is 25.0 Å². The van der Waals surface area contributed by atoms with Gasteiger partial charge in [0.25, 0.3) is 0 Å². The van der Waals surface area contributed by atoms with E-state index in [0.717, 1.165) is 4.31 Å². The molecule has 0 aliphatic carbocycles. The van der Waals surface area contributed by atoms with Crippen molar-refractivity contribution in [3.8, 4) is 0 Å². The van der Waals surface area contributed by atoms with Crippen LogP contribution >= 0.6 is 0 Å². The first-order valence-electron chi connectivity index (χ1n) is 5.94. The Hall–Kier alpha value is -1.61. The number of nitrogens with zero attached hydrogens (tertiary/aromatic N) is 2. The molecule has 1 aliphatic rings. The first-order valence-corrected chi connectivity index (χ1v) is 7.38. The van der Waals surface area contributed by atoms with E-state index in [2.05, 4.69) is 14.9 Å². The van der Waals surface area contributed by atoms with Crippen LogP contribution in [0.15, 0.2) is 6.07 Å². The zero-order chi connectivity index (χ0) is 14.0. The number of nitrogens with one attached hydrogen (secondary N) is 2. The Bertz CT molecular complexity index is 568. The summed E-state index contributed by atoms with van der Waals surface area (Å²) < 4.78 is 27.6. The summed E-state index contributed by atoms with van der Waals surface area (Å²) in [5, 5.41) is 15.5. The number of carbonyl (C=O) groups is 1. The molecule has 1 saturated heterocycles. The molecule has 0 saturated carbocycles. The fraction of sp³-hybridized carbons (Fsp3) is 0.600. The predicted molar refractivity (Wildman–Crippen MR) is 67.8 cm³/mol. The van der Waals surface area contributed by atoms with E-state index < -0.39 is 22.2 Å². The predicted octanol–water partition coefficient (Wildman–Crippen LogP) is 0.314. The van der Waals surface area contributed by atoms with Gasteiger partial charge in [0.05, 0.1) is 0 Å². The third-order valence-electron chi connectivity index (χ3n) is 2.99. The minimum absolute atomic E-state index is 0.159. The zero-order valence-corrected chi connectivity index (χ0v) is 11.3. The highest BCUT2D eigenvalue weighted by molar-refractivity contribution is 7.90. The number of aryl methyl sites for hydroxylation is 1. The number of H-pyrrole nitrogens is 1. The second kappa shape index (κ2) is 5.17. The Balaban J connectivity index is 2.19. The molecular weight excluding hydrogens is 272 g/mol. The molecule has 0 spiro atoms. The van der Waals surface area contributed by atoms with Crippen molar-refractivity contribution >= 4 is 22.0 Å². The Morgan fingerprint density at radius 2 is 2.32 bits per heavy atom. The van der Waals surface area contributed by atoms with Gasteiger partial charge in [-0.05, 0) is 26.2 Å². The van der Waals surface area contributed by atoms with E-state index in [1.54, 1.807) is 6.92 Å². The van der Waals surface area contributed by atoms with Gasteiger partial charge >= 0.3 is 16.2 Å². The van der Waals surface area contributed by atoms with Crippen molar-refractivity contribution in [1.29, 1.82) is 0 Å². The third kappa shape index (κ3) is 3.04. The van der Waals surface area contributed by atoms with Crippen LogP contribution in [0.3, 0.4) is 0 Å². The van der Waals surface area contributed by atoms with Crippen molar-refractivity contribution in [3.05, 3.63) is 11.8 Å². The summed E-state index contributed by atoms with van der Waals surface area (Å²) in [6.07, 6.45) is 1.70. The van der Waals surface area contributed by atoms with E-state index in [1.165, 1.54) is 6.07 Å². The number of aromatic amines is 1. The van der Waals surface area contributed by atoms with Gasteiger partial charge in [-0.25, -0.2) is 0 Å². The highest BCUT2D eigenvalue weighted by Gasteiger charge is 2.37. The molecule has 0 bridgehead atoms. The monoisotopic (exact) mass is 288 g/mol. The van der Waals surface area contributed by atoms with Gasteiger partial charge in [-0.3, -0.25) is 14.6 Å². The molecule has 1 unspecified atom stereocenters. The van der Waals surface area contributed by atoms with Crippen LogP contribution < -0.4 is 4.72 Å². The highest BCUT2D eigenvalue weighted by Crippen LogP contribution is 2.21. The van der Waals surface area contributed by atoms with Crippen molar-refractivity contribution in [2.75, 3.05) is 11.3 Å². The molecule has 3 N–H and O–H groups in total. The molecule has 0 radical (unpaired) electrons. The maximum Gasteiger partial charge on any atom is 0.322 e. The molecule has 9 heteroatoms. The van der Waals surface area contributed by atoms with E-state index in [1.807, 2.05) is 0 Å². The summed E-state index contributed by atoms with van der Waals surface area (Å²) in [6, 6.07) is 0.531. The van der Waals surface area contributed by atoms with Crippen molar-refractivity contribution in [2.24, 2.45) is 0 Å². The van der Waals surface area contributed by atoms with E-state index in [-0.39, 0.29) is 12.4 Å². The van der Waals surface area contributed by atoms with E-state index in [9.17, 15) is 13.2 Å². The molecule has 1 aliphatic heterocycles. The minimum Gasteiger partial charge on any atom is -0.480 e. The van der Waals surface area contributed by atoms with Gasteiger partial charge in [0.1, 0.15) is 6.04 Å². The van der Waals surface area contributed by atoms with Crippen LogP contribution in [-0.4, -0.2) is 46.6 Å². The Kier molecular flexibility index (Phi) is 3.76. The smallest absolute Gasteiger partial charge is 0.322 e. The second-order valence-electron chi connectivity index (χ2n) is 4.50. The van der Waals surface area contributed by atoms with Gasteiger partial charge in [0, 0.05) is 18.3 Å². The summed E-state index contributed by atoms with van der Waals surface area (Å²) in [5.74, 6) is -0.963. The second-order valence-corrected chi connectivity index (χ2v) is 6.13. The van der Waals surface area contributed by atoms with Crippen LogP contribution in [0, 0.1) is 6.92 Å². The van der Waals surface area contributed by atoms with Crippen molar-refractivity contribution in [3.63, 3.8) is 0 Å². The van der Waals surface area contributed by atoms with E-state index in [4.69, 9.17) is 5.11 Å². The van der Waals surface area contributed by atoms with Gasteiger partial charge in [0.2, 0.25) is 0 Å². The molecule has 2 heterocycles. The summed E-state index contributed by atoms with van der Waals surface area (Å²) >= 11 is 0. The Morgan fingerprint density at radius 3 is 2.89 bits per heavy atom. The quantitative estimate of drug-likeness (QED) is 0.737. The number of aliphatic carboxylic acids is 1. The van der Waals surface area contributed by atoms with Crippen LogP contribution in [0.5, 0.6) is 0 Å². The molecule has 1 aromatic rings. The number of rotatable bonds is 4. The van der Waals surface area contributed by atoms with Crippen LogP contribution in [0.25, 0.3) is 0 Å². The Labute approximate surface area is 111 Å². The standard InChI is InChI=1S/C10H16N4O4S/c1-7-6-9(12-11-7)13-19(17,18)14-5-3-2-4-8(14)10(15)16/h6,8H,2-5H2,1H3,(H,15,16)(H2,11,12,13). The molecular formula is C10H16N4O4S. The van der Waals surface area contributed by atoms with Crippen LogP contribution in [0.2, 0.25) is 0 Å². The van der Waals surface area contributed by atoms with Crippen LogP contribution in [0.4, 0.5) is 5.82 Å². The third-order valence-corrected chi connectivity index (χ3v) is 4.51. The van der Waals surface area contributed by atoms with Crippen molar-refractivity contribution < 1.29 is 18.3 Å². The molecule has 1 fully saturated rings. The number of piperidine rings is 1. The molecule has 2 rings (SSSR count). The summed E-state index contributed by atoms with van der Waals surface area (Å²) in [7, 11) is -3.90. The fourth-order valence-electron chi connectivity index (χ4n) is 2.10. The molecule has 8 nitrogen and oxygen atoms in total. The molecule has 19 heavy (non-hydrogen) atoms. The maximum atomic E-state index is 12.2. The molecule has 0 amide bonds. The van der Waals surface area contributed by atoms with Crippen LogP contribution in [-0.2, 0) is 15.0 Å². The summed E-state index contributed by atoms with van der Waals surface area (Å²) in [6.45, 7) is 1.95. The normalized spacial score (nSPS) is 21.2. The number of aromatic nitrogens is 2. The lowest BCUT2D eigenvalue weighted by Gasteiger charge is -2.31. The van der Waals surface area contributed by atoms with Crippen molar-refractivity contribution in [1.82, 2.24) is 14.5 Å². The lowest BCUT2D eigenvalue weighted by Crippen LogP contribution is -2.49. The summed E-state index contributed by atoms with van der Waals surface area (Å²) in [5.41, 5.74) is 0.714. The van der Waals surface area contributed by atoms with Gasteiger partial charge in [-0.1, -0.05) is 0 Å². The first kappa shape index (κ1) is 13.8. The topological polar surface area (TPSA) is 115 Å². The van der Waals surface area contributed by atoms with E-state index >= 15 is 0 Å². The lowest BCUT2D eigenvalue weighted by atomic mass is 10.1. The average Bonchev–Trinajstić information content (AvgIpc) is 2.74. The maximum absolute atomic E-state index is 12.2. The van der Waals surface area contributed by atoms with Gasteiger partial charge in [0.15, 0.2) is 5.82 Å².